The van der Waals surface area contributed by atoms with E-state index in [0.29, 0.717) is 13.0 Å². The van der Waals surface area contributed by atoms with Gasteiger partial charge in [-0.15, -0.1) is 0 Å². The van der Waals surface area contributed by atoms with Crippen LogP contribution >= 0.6 is 15.9 Å². The molecule has 0 spiro atoms. The van der Waals surface area contributed by atoms with Crippen LogP contribution in [0.4, 0.5) is 0 Å². The summed E-state index contributed by atoms with van der Waals surface area (Å²) >= 11 is 3.43. The first kappa shape index (κ1) is 10.8. The molecule has 1 heterocycles. The second-order valence-corrected chi connectivity index (χ2v) is 4.18. The Hall–Kier alpha value is -0.710. The molecular formula is C11H11BrO3. The molecule has 1 saturated heterocycles. The van der Waals surface area contributed by atoms with E-state index in [9.17, 15) is 4.79 Å². The zero-order chi connectivity index (χ0) is 10.7. The summed E-state index contributed by atoms with van der Waals surface area (Å²) in [6, 6.07) is 7.68. The van der Waals surface area contributed by atoms with Gasteiger partial charge >= 0.3 is 0 Å². The van der Waals surface area contributed by atoms with Crippen molar-refractivity contribution in [3.63, 3.8) is 0 Å². The van der Waals surface area contributed by atoms with Crippen LogP contribution in [0.2, 0.25) is 0 Å². The SMILES string of the molecule is O=C[C@@H]1CCO[C@H](c2ccccc2Br)O1. The fourth-order valence-electron chi connectivity index (χ4n) is 1.49. The zero-order valence-corrected chi connectivity index (χ0v) is 9.64. The lowest BCUT2D eigenvalue weighted by molar-refractivity contribution is -0.211. The molecule has 0 amide bonds. The molecule has 0 N–H and O–H groups in total. The van der Waals surface area contributed by atoms with Crippen molar-refractivity contribution < 1.29 is 14.3 Å². The van der Waals surface area contributed by atoms with Crippen LogP contribution in [0.25, 0.3) is 0 Å². The molecular weight excluding hydrogens is 260 g/mol. The van der Waals surface area contributed by atoms with Crippen molar-refractivity contribution in [3.8, 4) is 0 Å². The van der Waals surface area contributed by atoms with Gasteiger partial charge in [-0.3, -0.25) is 0 Å². The quantitative estimate of drug-likeness (QED) is 0.775. The fourth-order valence-corrected chi connectivity index (χ4v) is 1.96. The van der Waals surface area contributed by atoms with E-state index in [2.05, 4.69) is 15.9 Å². The predicted octanol–water partition coefficient (Wildman–Crippen LogP) is 2.45. The number of hydrogen-bond donors (Lipinski definition) is 0. The van der Waals surface area contributed by atoms with E-state index in [1.165, 1.54) is 0 Å². The standard InChI is InChI=1S/C11H11BrO3/c12-10-4-2-1-3-9(10)11-14-6-5-8(7-13)15-11/h1-4,7-8,11H,5-6H2/t8-,11-/m0/s1. The molecule has 1 aromatic rings. The molecule has 0 aromatic heterocycles. The van der Waals surface area contributed by atoms with Gasteiger partial charge in [0.15, 0.2) is 6.29 Å². The van der Waals surface area contributed by atoms with Crippen LogP contribution in [-0.4, -0.2) is 19.0 Å². The Balaban J connectivity index is 2.16. The number of aldehydes is 1. The molecule has 0 radical (unpaired) electrons. The summed E-state index contributed by atoms with van der Waals surface area (Å²) in [6.45, 7) is 0.551. The number of halogens is 1. The number of benzene rings is 1. The average Bonchev–Trinajstić information content (AvgIpc) is 2.30. The first-order valence-corrected chi connectivity index (χ1v) is 5.57. The maximum atomic E-state index is 10.6. The van der Waals surface area contributed by atoms with Crippen LogP contribution in [0.5, 0.6) is 0 Å². The smallest absolute Gasteiger partial charge is 0.185 e. The highest BCUT2D eigenvalue weighted by Crippen LogP contribution is 2.30. The average molecular weight is 271 g/mol. The molecule has 1 aliphatic heterocycles. The lowest BCUT2D eigenvalue weighted by Gasteiger charge is -2.28. The van der Waals surface area contributed by atoms with Crippen molar-refractivity contribution >= 4 is 22.2 Å². The zero-order valence-electron chi connectivity index (χ0n) is 8.06. The van der Waals surface area contributed by atoms with Gasteiger partial charge in [-0.1, -0.05) is 34.1 Å². The van der Waals surface area contributed by atoms with E-state index in [1.807, 2.05) is 24.3 Å². The summed E-state index contributed by atoms with van der Waals surface area (Å²) < 4.78 is 11.9. The predicted molar refractivity (Wildman–Crippen MR) is 58.4 cm³/mol. The normalized spacial score (nSPS) is 26.2. The Morgan fingerprint density at radius 1 is 1.40 bits per heavy atom. The van der Waals surface area contributed by atoms with Gasteiger partial charge in [0.05, 0.1) is 6.61 Å². The Bertz CT molecular complexity index is 353. The molecule has 0 unspecified atom stereocenters. The minimum absolute atomic E-state index is 0.351. The van der Waals surface area contributed by atoms with Gasteiger partial charge < -0.3 is 14.3 Å². The topological polar surface area (TPSA) is 35.5 Å². The molecule has 1 aromatic carbocycles. The number of ether oxygens (including phenoxy) is 2. The van der Waals surface area contributed by atoms with Crippen LogP contribution in [0.1, 0.15) is 18.3 Å². The van der Waals surface area contributed by atoms with E-state index in [0.717, 1.165) is 16.3 Å². The number of rotatable bonds is 2. The molecule has 0 bridgehead atoms. The van der Waals surface area contributed by atoms with E-state index in [1.54, 1.807) is 0 Å². The summed E-state index contributed by atoms with van der Waals surface area (Å²) in [5.74, 6) is 0. The molecule has 80 valence electrons. The van der Waals surface area contributed by atoms with Gasteiger partial charge in [-0.2, -0.15) is 0 Å². The Morgan fingerprint density at radius 2 is 2.20 bits per heavy atom. The minimum atomic E-state index is -0.440. The Labute approximate surface area is 96.5 Å². The number of carbonyl (C=O) groups excluding carboxylic acids is 1. The van der Waals surface area contributed by atoms with Crippen molar-refractivity contribution in [2.45, 2.75) is 18.8 Å². The Morgan fingerprint density at radius 3 is 2.93 bits per heavy atom. The summed E-state index contributed by atoms with van der Waals surface area (Å²) in [5.41, 5.74) is 0.920. The molecule has 1 fully saturated rings. The fraction of sp³-hybridized carbons (Fsp3) is 0.364. The van der Waals surface area contributed by atoms with Crippen LogP contribution in [-0.2, 0) is 14.3 Å². The molecule has 2 atom stereocenters. The summed E-state index contributed by atoms with van der Waals surface area (Å²) in [6.07, 6.45) is 0.664. The molecule has 0 aliphatic carbocycles. The first-order chi connectivity index (χ1) is 7.31. The molecule has 1 aliphatic rings. The molecule has 3 nitrogen and oxygen atoms in total. The molecule has 2 rings (SSSR count). The van der Waals surface area contributed by atoms with Crippen molar-refractivity contribution in [1.82, 2.24) is 0 Å². The van der Waals surface area contributed by atoms with Crippen molar-refractivity contribution in [3.05, 3.63) is 34.3 Å². The van der Waals surface area contributed by atoms with Gasteiger partial charge in [0.2, 0.25) is 0 Å². The third-order valence-corrected chi connectivity index (χ3v) is 3.00. The van der Waals surface area contributed by atoms with Crippen LogP contribution in [0.3, 0.4) is 0 Å². The van der Waals surface area contributed by atoms with Gasteiger partial charge in [-0.05, 0) is 6.07 Å². The largest absolute Gasteiger partial charge is 0.348 e. The summed E-state index contributed by atoms with van der Waals surface area (Å²) in [5, 5.41) is 0. The first-order valence-electron chi connectivity index (χ1n) is 4.78. The van der Waals surface area contributed by atoms with E-state index < -0.39 is 6.29 Å². The highest BCUT2D eigenvalue weighted by molar-refractivity contribution is 9.10. The molecule has 4 heteroatoms. The third-order valence-electron chi connectivity index (χ3n) is 2.28. The van der Waals surface area contributed by atoms with Gasteiger partial charge in [-0.25, -0.2) is 0 Å². The highest BCUT2D eigenvalue weighted by Gasteiger charge is 2.24. The van der Waals surface area contributed by atoms with Crippen molar-refractivity contribution in [2.75, 3.05) is 6.61 Å². The number of hydrogen-bond acceptors (Lipinski definition) is 3. The maximum Gasteiger partial charge on any atom is 0.185 e. The van der Waals surface area contributed by atoms with Crippen LogP contribution in [0, 0.1) is 0 Å². The minimum Gasteiger partial charge on any atom is -0.348 e. The lowest BCUT2D eigenvalue weighted by Crippen LogP contribution is -2.28. The van der Waals surface area contributed by atoms with Crippen molar-refractivity contribution in [2.24, 2.45) is 0 Å². The van der Waals surface area contributed by atoms with Gasteiger partial charge in [0.1, 0.15) is 12.4 Å². The second-order valence-electron chi connectivity index (χ2n) is 3.32. The van der Waals surface area contributed by atoms with Gasteiger partial charge in [0.25, 0.3) is 0 Å². The summed E-state index contributed by atoms with van der Waals surface area (Å²) in [4.78, 5) is 10.6. The molecule has 0 saturated carbocycles. The highest BCUT2D eigenvalue weighted by atomic mass is 79.9. The van der Waals surface area contributed by atoms with Crippen LogP contribution in [0.15, 0.2) is 28.7 Å². The Kier molecular flexibility index (Phi) is 3.51. The number of carbonyl (C=O) groups is 1. The van der Waals surface area contributed by atoms with E-state index >= 15 is 0 Å². The third kappa shape index (κ3) is 2.45. The summed E-state index contributed by atoms with van der Waals surface area (Å²) in [7, 11) is 0. The monoisotopic (exact) mass is 270 g/mol. The lowest BCUT2D eigenvalue weighted by atomic mass is 10.2. The van der Waals surface area contributed by atoms with E-state index in [4.69, 9.17) is 9.47 Å². The van der Waals surface area contributed by atoms with E-state index in [-0.39, 0.29) is 6.10 Å². The maximum absolute atomic E-state index is 10.6. The van der Waals surface area contributed by atoms with Crippen LogP contribution < -0.4 is 0 Å². The second kappa shape index (κ2) is 4.88. The molecule has 15 heavy (non-hydrogen) atoms. The van der Waals surface area contributed by atoms with Gasteiger partial charge in [0, 0.05) is 16.5 Å². The van der Waals surface area contributed by atoms with Crippen molar-refractivity contribution in [1.29, 1.82) is 0 Å².